The van der Waals surface area contributed by atoms with Gasteiger partial charge in [0.2, 0.25) is 0 Å². The Bertz CT molecular complexity index is 704. The van der Waals surface area contributed by atoms with E-state index in [-0.39, 0.29) is 5.69 Å². The molecule has 1 N–H and O–H groups in total. The zero-order valence-corrected chi connectivity index (χ0v) is 10.3. The summed E-state index contributed by atoms with van der Waals surface area (Å²) >= 11 is 0. The molecular weight excluding hydrogens is 292 g/mol. The van der Waals surface area contributed by atoms with Gasteiger partial charge >= 0.3 is 12.1 Å². The number of carbonyl (C=O) groups is 1. The minimum absolute atomic E-state index is 0.375. The molecule has 4 nitrogen and oxygen atoms in total. The normalized spacial score (nSPS) is 12.0. The van der Waals surface area contributed by atoms with Gasteiger partial charge in [-0.2, -0.15) is 18.3 Å². The Kier molecular flexibility index (Phi) is 3.79. The van der Waals surface area contributed by atoms with Gasteiger partial charge in [-0.25, -0.2) is 13.9 Å². The molecule has 2 aromatic rings. The van der Waals surface area contributed by atoms with E-state index in [2.05, 4.69) is 5.10 Å². The summed E-state index contributed by atoms with van der Waals surface area (Å²) in [4.78, 5) is 10.4. The summed E-state index contributed by atoms with van der Waals surface area (Å²) in [6.07, 6.45) is -2.68. The predicted octanol–water partition coefficient (Wildman–Crippen LogP) is 3.13. The molecule has 1 heterocycles. The lowest BCUT2D eigenvalue weighted by Gasteiger charge is -2.12. The van der Waals surface area contributed by atoms with Crippen molar-refractivity contribution in [1.82, 2.24) is 9.78 Å². The molecule has 1 aromatic heterocycles. The fourth-order valence-electron chi connectivity index (χ4n) is 1.73. The van der Waals surface area contributed by atoms with E-state index >= 15 is 0 Å². The number of para-hydroxylation sites is 1. The second-order valence-corrected chi connectivity index (χ2v) is 3.98. The van der Waals surface area contributed by atoms with Crippen LogP contribution < -0.4 is 0 Å². The molecule has 1 aromatic carbocycles. The average Bonchev–Trinajstić information content (AvgIpc) is 2.80. The lowest BCUT2D eigenvalue weighted by atomic mass is 10.2. The summed E-state index contributed by atoms with van der Waals surface area (Å²) in [6.45, 7) is 0. The highest BCUT2D eigenvalue weighted by atomic mass is 19.4. The minimum Gasteiger partial charge on any atom is -0.478 e. The van der Waals surface area contributed by atoms with Crippen molar-refractivity contribution in [3.63, 3.8) is 0 Å². The molecule has 0 aliphatic carbocycles. The Morgan fingerprint density at radius 1 is 1.29 bits per heavy atom. The van der Waals surface area contributed by atoms with Gasteiger partial charge in [-0.3, -0.25) is 0 Å². The Morgan fingerprint density at radius 3 is 2.52 bits per heavy atom. The lowest BCUT2D eigenvalue weighted by Crippen LogP contribution is -2.15. The lowest BCUT2D eigenvalue weighted by molar-refractivity contribution is -0.143. The highest BCUT2D eigenvalue weighted by Crippen LogP contribution is 2.34. The van der Waals surface area contributed by atoms with E-state index in [0.717, 1.165) is 24.4 Å². The molecule has 0 atom stereocenters. The van der Waals surface area contributed by atoms with Crippen molar-refractivity contribution in [2.45, 2.75) is 6.18 Å². The third-order valence-corrected chi connectivity index (χ3v) is 2.55. The van der Waals surface area contributed by atoms with Gasteiger partial charge < -0.3 is 5.11 Å². The number of aromatic nitrogens is 2. The Morgan fingerprint density at radius 2 is 1.95 bits per heavy atom. The van der Waals surface area contributed by atoms with Crippen LogP contribution in [0, 0.1) is 5.82 Å². The maximum Gasteiger partial charge on any atom is 0.434 e. The smallest absolute Gasteiger partial charge is 0.434 e. The molecule has 0 saturated carbocycles. The zero-order chi connectivity index (χ0) is 15.6. The van der Waals surface area contributed by atoms with E-state index in [0.29, 0.717) is 10.8 Å². The monoisotopic (exact) mass is 300 g/mol. The van der Waals surface area contributed by atoms with E-state index in [1.54, 1.807) is 0 Å². The first-order valence-electron chi connectivity index (χ1n) is 5.62. The summed E-state index contributed by atoms with van der Waals surface area (Å²) in [5, 5.41) is 12.0. The summed E-state index contributed by atoms with van der Waals surface area (Å²) in [5.41, 5.74) is -2.09. The Balaban J connectivity index is 2.63. The van der Waals surface area contributed by atoms with Crippen LogP contribution in [0.3, 0.4) is 0 Å². The second-order valence-electron chi connectivity index (χ2n) is 3.98. The first kappa shape index (κ1) is 14.8. The molecule has 0 aliphatic heterocycles. The van der Waals surface area contributed by atoms with Gasteiger partial charge in [0.05, 0.1) is 6.20 Å². The molecule has 0 saturated heterocycles. The molecule has 0 amide bonds. The molecule has 0 radical (unpaired) electrons. The van der Waals surface area contributed by atoms with Crippen molar-refractivity contribution in [2.24, 2.45) is 0 Å². The van der Waals surface area contributed by atoms with Crippen molar-refractivity contribution in [3.8, 4) is 5.69 Å². The fraction of sp³-hybridized carbons (Fsp3) is 0.0769. The highest BCUT2D eigenvalue weighted by Gasteiger charge is 2.38. The number of aliphatic carboxylic acids is 1. The van der Waals surface area contributed by atoms with E-state index in [1.165, 1.54) is 12.1 Å². The van der Waals surface area contributed by atoms with Gasteiger partial charge in [-0.1, -0.05) is 12.1 Å². The molecule has 0 aliphatic rings. The fourth-order valence-corrected chi connectivity index (χ4v) is 1.73. The topological polar surface area (TPSA) is 55.1 Å². The summed E-state index contributed by atoms with van der Waals surface area (Å²) in [5.74, 6) is -2.28. The van der Waals surface area contributed by atoms with Gasteiger partial charge in [-0.05, 0) is 18.2 Å². The maximum atomic E-state index is 13.6. The van der Waals surface area contributed by atoms with Crippen LogP contribution in [0.15, 0.2) is 36.5 Å². The first-order valence-corrected chi connectivity index (χ1v) is 5.62. The molecule has 8 heteroatoms. The molecule has 0 fully saturated rings. The minimum atomic E-state index is -4.82. The molecule has 0 unspecified atom stereocenters. The number of halogens is 4. The third kappa shape index (κ3) is 3.10. The third-order valence-electron chi connectivity index (χ3n) is 2.55. The molecule has 0 bridgehead atoms. The van der Waals surface area contributed by atoms with E-state index in [4.69, 9.17) is 5.11 Å². The zero-order valence-electron chi connectivity index (χ0n) is 10.3. The number of alkyl halides is 3. The summed E-state index contributed by atoms with van der Waals surface area (Å²) < 4.78 is 53.4. The molecule has 110 valence electrons. The number of rotatable bonds is 3. The number of carboxylic acids is 1. The van der Waals surface area contributed by atoms with Crippen LogP contribution in [0.4, 0.5) is 17.6 Å². The quantitative estimate of drug-likeness (QED) is 0.700. The van der Waals surface area contributed by atoms with Crippen LogP contribution in [-0.4, -0.2) is 20.9 Å². The van der Waals surface area contributed by atoms with E-state index in [9.17, 15) is 22.4 Å². The highest BCUT2D eigenvalue weighted by molar-refractivity contribution is 5.85. The van der Waals surface area contributed by atoms with Crippen LogP contribution in [0.2, 0.25) is 0 Å². The van der Waals surface area contributed by atoms with Gasteiger partial charge in [0.25, 0.3) is 0 Å². The number of nitrogens with zero attached hydrogens (tertiary/aromatic N) is 2. The van der Waals surface area contributed by atoms with Crippen molar-refractivity contribution in [1.29, 1.82) is 0 Å². The van der Waals surface area contributed by atoms with Crippen molar-refractivity contribution < 1.29 is 27.5 Å². The number of carboxylic acid groups (broad SMARTS) is 1. The first-order chi connectivity index (χ1) is 9.80. The average molecular weight is 300 g/mol. The molecule has 21 heavy (non-hydrogen) atoms. The number of hydrogen-bond acceptors (Lipinski definition) is 2. The summed E-state index contributed by atoms with van der Waals surface area (Å²) in [6, 6.07) is 4.85. The summed E-state index contributed by atoms with van der Waals surface area (Å²) in [7, 11) is 0. The maximum absolute atomic E-state index is 13.6. The molecule has 2 rings (SSSR count). The van der Waals surface area contributed by atoms with E-state index < -0.39 is 29.2 Å². The Hall–Kier alpha value is -2.64. The van der Waals surface area contributed by atoms with Crippen LogP contribution in [-0.2, 0) is 11.0 Å². The van der Waals surface area contributed by atoms with Crippen LogP contribution in [0.1, 0.15) is 11.3 Å². The van der Waals surface area contributed by atoms with Gasteiger partial charge in [-0.15, -0.1) is 0 Å². The van der Waals surface area contributed by atoms with Gasteiger partial charge in [0, 0.05) is 11.6 Å². The largest absolute Gasteiger partial charge is 0.478 e. The van der Waals surface area contributed by atoms with Crippen molar-refractivity contribution >= 4 is 12.0 Å². The number of benzene rings is 1. The van der Waals surface area contributed by atoms with Crippen LogP contribution >= 0.6 is 0 Å². The standard InChI is InChI=1S/C13H8F4N2O2/c14-9-3-1-2-4-10(9)19-12(13(15,16)17)8(7-18-19)5-6-11(20)21/h1-7H,(H,20,21)/b6-5+. The SMILES string of the molecule is O=C(O)/C=C/c1cnn(-c2ccccc2F)c1C(F)(F)F. The van der Waals surface area contributed by atoms with Crippen molar-refractivity contribution in [3.05, 3.63) is 53.6 Å². The van der Waals surface area contributed by atoms with Crippen LogP contribution in [0.5, 0.6) is 0 Å². The number of hydrogen-bond donors (Lipinski definition) is 1. The predicted molar refractivity (Wildman–Crippen MR) is 65.2 cm³/mol. The molecule has 0 spiro atoms. The van der Waals surface area contributed by atoms with Crippen LogP contribution in [0.25, 0.3) is 11.8 Å². The van der Waals surface area contributed by atoms with Gasteiger partial charge in [0.15, 0.2) is 5.69 Å². The Labute approximate surface area is 115 Å². The molecular formula is C13H8F4N2O2. The van der Waals surface area contributed by atoms with E-state index in [1.807, 2.05) is 0 Å². The van der Waals surface area contributed by atoms with Crippen molar-refractivity contribution in [2.75, 3.05) is 0 Å². The van der Waals surface area contributed by atoms with Gasteiger partial charge in [0.1, 0.15) is 11.5 Å². The second kappa shape index (κ2) is 5.39.